The lowest BCUT2D eigenvalue weighted by molar-refractivity contribution is 0.0358. The minimum Gasteiger partial charge on any atom is -0.345 e. The molecule has 3 heteroatoms. The number of halogens is 1. The first kappa shape index (κ1) is 22.4. The second-order valence-corrected chi connectivity index (χ2v) is 11.4. The second-order valence-electron chi connectivity index (χ2n) is 11.4. The fraction of sp³-hybridized carbons (Fsp3) is 0.375. The number of rotatable bonds is 3. The number of hydrogen-bond acceptors (Lipinski definition) is 2. The van der Waals surface area contributed by atoms with Gasteiger partial charge < -0.3 is 9.80 Å². The van der Waals surface area contributed by atoms with Crippen molar-refractivity contribution in [3.8, 4) is 11.1 Å². The Bertz CT molecular complexity index is 1350. The number of alkyl halides is 1. The number of benzene rings is 3. The first-order valence-electron chi connectivity index (χ1n) is 13.0. The molecule has 3 aromatic carbocycles. The van der Waals surface area contributed by atoms with E-state index in [1.165, 1.54) is 44.8 Å². The van der Waals surface area contributed by atoms with Gasteiger partial charge in [0.15, 0.2) is 5.67 Å². The molecule has 0 fully saturated rings. The average Bonchev–Trinajstić information content (AvgIpc) is 3.22. The van der Waals surface area contributed by atoms with Crippen LogP contribution in [-0.2, 0) is 5.67 Å². The third kappa shape index (κ3) is 2.93. The van der Waals surface area contributed by atoms with E-state index in [1.807, 2.05) is 19.1 Å². The Morgan fingerprint density at radius 3 is 2.20 bits per heavy atom. The minimum absolute atomic E-state index is 0.0366. The highest BCUT2D eigenvalue weighted by molar-refractivity contribution is 5.96. The van der Waals surface area contributed by atoms with Gasteiger partial charge in [-0.1, -0.05) is 75.7 Å². The predicted octanol–water partition coefficient (Wildman–Crippen LogP) is 8.63. The Morgan fingerprint density at radius 1 is 0.886 bits per heavy atom. The van der Waals surface area contributed by atoms with Crippen LogP contribution in [0, 0.1) is 6.92 Å². The van der Waals surface area contributed by atoms with Gasteiger partial charge in [-0.05, 0) is 67.0 Å². The molecule has 3 unspecified atom stereocenters. The van der Waals surface area contributed by atoms with E-state index < -0.39 is 5.67 Å². The largest absolute Gasteiger partial charge is 0.345 e. The van der Waals surface area contributed by atoms with E-state index in [2.05, 4.69) is 93.1 Å². The lowest BCUT2D eigenvalue weighted by Gasteiger charge is -2.50. The van der Waals surface area contributed by atoms with Crippen molar-refractivity contribution in [2.75, 3.05) is 4.90 Å². The molecule has 35 heavy (non-hydrogen) atoms. The summed E-state index contributed by atoms with van der Waals surface area (Å²) in [6, 6.07) is 19.4. The van der Waals surface area contributed by atoms with Crippen LogP contribution in [0.1, 0.15) is 92.9 Å². The number of nitrogens with zero attached hydrogens (tertiary/aromatic N) is 2. The van der Waals surface area contributed by atoms with Gasteiger partial charge in [0, 0.05) is 22.9 Å². The van der Waals surface area contributed by atoms with Crippen LogP contribution in [0.15, 0.2) is 60.8 Å². The summed E-state index contributed by atoms with van der Waals surface area (Å²) < 4.78 is 16.5. The van der Waals surface area contributed by atoms with E-state index in [1.54, 1.807) is 6.92 Å². The molecule has 180 valence electrons. The maximum Gasteiger partial charge on any atom is 0.153 e. The molecule has 3 aliphatic rings. The van der Waals surface area contributed by atoms with Crippen LogP contribution in [0.4, 0.5) is 10.1 Å². The van der Waals surface area contributed by atoms with E-state index in [0.717, 1.165) is 11.1 Å². The summed E-state index contributed by atoms with van der Waals surface area (Å²) in [5.74, 6) is 0.771. The van der Waals surface area contributed by atoms with Gasteiger partial charge in [-0.25, -0.2) is 4.39 Å². The number of hydrogen-bond donors (Lipinski definition) is 0. The average molecular weight is 467 g/mol. The highest BCUT2D eigenvalue weighted by atomic mass is 19.1. The third-order valence-electron chi connectivity index (χ3n) is 8.51. The Kier molecular flexibility index (Phi) is 4.78. The van der Waals surface area contributed by atoms with Gasteiger partial charge in [-0.15, -0.1) is 0 Å². The van der Waals surface area contributed by atoms with Crippen LogP contribution >= 0.6 is 0 Å². The normalized spacial score (nSPS) is 24.1. The zero-order valence-corrected chi connectivity index (χ0v) is 21.9. The molecular formula is C32H35FN2. The molecular weight excluding hydrogens is 431 g/mol. The molecule has 0 spiro atoms. The van der Waals surface area contributed by atoms with E-state index in [0.29, 0.717) is 11.8 Å². The van der Waals surface area contributed by atoms with Crippen LogP contribution in [0.5, 0.6) is 0 Å². The van der Waals surface area contributed by atoms with Gasteiger partial charge in [0.25, 0.3) is 0 Å². The van der Waals surface area contributed by atoms with Gasteiger partial charge in [-0.2, -0.15) is 0 Å². The van der Waals surface area contributed by atoms with Crippen molar-refractivity contribution < 1.29 is 4.39 Å². The molecule has 0 amide bonds. The van der Waals surface area contributed by atoms with Gasteiger partial charge in [0.2, 0.25) is 0 Å². The number of aryl methyl sites for hydroxylation is 1. The van der Waals surface area contributed by atoms with Crippen LogP contribution in [0.3, 0.4) is 0 Å². The van der Waals surface area contributed by atoms with Crippen molar-refractivity contribution in [2.45, 2.75) is 78.2 Å². The summed E-state index contributed by atoms with van der Waals surface area (Å²) in [4.78, 5) is 4.78. The van der Waals surface area contributed by atoms with E-state index in [4.69, 9.17) is 0 Å². The standard InChI is InChI=1S/C32H35FN2/c1-18(2)22-10-8-11-23(19(3)4)29(22)28-17-34-21(6)32(7,33)26-13-9-12-24-25-16-20(5)14-15-27(25)35(28)31(34)30(24)26/h8-19,21,31H,1-7H3. The summed E-state index contributed by atoms with van der Waals surface area (Å²) >= 11 is 0. The molecule has 3 aliphatic heterocycles. The van der Waals surface area contributed by atoms with Gasteiger partial charge >= 0.3 is 0 Å². The minimum atomic E-state index is -1.45. The lowest BCUT2D eigenvalue weighted by Crippen LogP contribution is -2.51. The van der Waals surface area contributed by atoms with E-state index in [-0.39, 0.29) is 12.2 Å². The summed E-state index contributed by atoms with van der Waals surface area (Å²) in [6.45, 7) is 15.0. The Morgan fingerprint density at radius 2 is 1.54 bits per heavy atom. The molecule has 0 aliphatic carbocycles. The topological polar surface area (TPSA) is 6.48 Å². The highest BCUT2D eigenvalue weighted by Gasteiger charge is 2.54. The molecule has 6 rings (SSSR count). The number of anilines is 1. The summed E-state index contributed by atoms with van der Waals surface area (Å²) in [5, 5.41) is 0. The SMILES string of the molecule is Cc1ccc2c(c1)-c1cccc3c1C1N2C(c2c(C(C)C)cccc2C(C)C)=CN1C(C)C3(C)F. The first-order valence-corrected chi connectivity index (χ1v) is 13.0. The molecule has 3 heterocycles. The van der Waals surface area contributed by atoms with Crippen molar-refractivity contribution in [3.63, 3.8) is 0 Å². The smallest absolute Gasteiger partial charge is 0.153 e. The van der Waals surface area contributed by atoms with Crippen molar-refractivity contribution in [2.24, 2.45) is 0 Å². The first-order chi connectivity index (χ1) is 16.6. The molecule has 0 bridgehead atoms. The maximum absolute atomic E-state index is 16.5. The van der Waals surface area contributed by atoms with Gasteiger partial charge in [-0.3, -0.25) is 0 Å². The lowest BCUT2D eigenvalue weighted by atomic mass is 9.76. The number of fused-ring (bicyclic) bond motifs is 3. The third-order valence-corrected chi connectivity index (χ3v) is 8.51. The van der Waals surface area contributed by atoms with Crippen LogP contribution in [0.2, 0.25) is 0 Å². The van der Waals surface area contributed by atoms with E-state index in [9.17, 15) is 0 Å². The second kappa shape index (κ2) is 7.46. The Balaban J connectivity index is 1.71. The van der Waals surface area contributed by atoms with Crippen LogP contribution < -0.4 is 4.90 Å². The molecule has 0 saturated heterocycles. The zero-order valence-electron chi connectivity index (χ0n) is 21.9. The predicted molar refractivity (Wildman–Crippen MR) is 144 cm³/mol. The van der Waals surface area contributed by atoms with Gasteiger partial charge in [0.1, 0.15) is 6.17 Å². The summed E-state index contributed by atoms with van der Waals surface area (Å²) in [7, 11) is 0. The summed E-state index contributed by atoms with van der Waals surface area (Å²) in [6.07, 6.45) is 2.22. The zero-order chi connectivity index (χ0) is 24.8. The van der Waals surface area contributed by atoms with Crippen molar-refractivity contribution >= 4 is 11.4 Å². The monoisotopic (exact) mass is 466 g/mol. The molecule has 3 atom stereocenters. The molecule has 0 N–H and O–H groups in total. The molecule has 3 aromatic rings. The summed E-state index contributed by atoms with van der Waals surface area (Å²) in [5.41, 5.74) is 10.5. The Hall–Kier alpha value is -3.07. The van der Waals surface area contributed by atoms with Crippen molar-refractivity contribution in [1.82, 2.24) is 4.90 Å². The van der Waals surface area contributed by atoms with Gasteiger partial charge in [0.05, 0.1) is 17.4 Å². The van der Waals surface area contributed by atoms with Crippen LogP contribution in [-0.4, -0.2) is 10.9 Å². The molecule has 0 radical (unpaired) electrons. The van der Waals surface area contributed by atoms with Crippen molar-refractivity contribution in [3.05, 3.63) is 94.2 Å². The maximum atomic E-state index is 16.5. The molecule has 0 aromatic heterocycles. The van der Waals surface area contributed by atoms with Crippen molar-refractivity contribution in [1.29, 1.82) is 0 Å². The van der Waals surface area contributed by atoms with Crippen LogP contribution in [0.25, 0.3) is 16.8 Å². The Labute approximate surface area is 209 Å². The molecule has 0 saturated carbocycles. The van der Waals surface area contributed by atoms with E-state index >= 15 is 4.39 Å². The fourth-order valence-electron chi connectivity index (χ4n) is 6.52. The molecule has 2 nitrogen and oxygen atoms in total. The fourth-order valence-corrected chi connectivity index (χ4v) is 6.52. The highest BCUT2D eigenvalue weighted by Crippen LogP contribution is 2.60. The quantitative estimate of drug-likeness (QED) is 0.381.